The number of rotatable bonds is 5. The molecule has 1 aliphatic heterocycles. The van der Waals surface area contributed by atoms with Gasteiger partial charge < -0.3 is 19.7 Å². The van der Waals surface area contributed by atoms with Crippen LogP contribution in [0, 0.1) is 5.82 Å². The Morgan fingerprint density at radius 2 is 1.67 bits per heavy atom. The SMILES string of the molecule is Cn1cc(C(C(=O)O)N2CCN(c3ccc(F)cc3)CC2)c2ccc(C(=O)O)cc21. The Morgan fingerprint density at radius 1 is 1.00 bits per heavy atom. The van der Waals surface area contributed by atoms with Crippen molar-refractivity contribution in [2.24, 2.45) is 7.05 Å². The molecule has 2 heterocycles. The van der Waals surface area contributed by atoms with E-state index < -0.39 is 18.0 Å². The van der Waals surface area contributed by atoms with E-state index in [0.29, 0.717) is 37.3 Å². The Bertz CT molecular complexity index is 1100. The average molecular weight is 411 g/mol. The molecule has 1 fully saturated rings. The summed E-state index contributed by atoms with van der Waals surface area (Å²) in [6, 6.07) is 10.2. The Labute approximate surface area is 172 Å². The first-order valence-electron chi connectivity index (χ1n) is 9.65. The highest BCUT2D eigenvalue weighted by atomic mass is 19.1. The van der Waals surface area contributed by atoms with Crippen LogP contribution in [0.1, 0.15) is 22.0 Å². The Morgan fingerprint density at radius 3 is 2.27 bits per heavy atom. The molecule has 1 aromatic heterocycles. The summed E-state index contributed by atoms with van der Waals surface area (Å²) in [5.74, 6) is -2.25. The fourth-order valence-electron chi connectivity index (χ4n) is 4.14. The number of carbonyl (C=O) groups is 2. The van der Waals surface area contributed by atoms with Crippen LogP contribution in [0.15, 0.2) is 48.7 Å². The number of halogens is 1. The Hall–Kier alpha value is -3.39. The van der Waals surface area contributed by atoms with E-state index in [0.717, 1.165) is 11.1 Å². The zero-order valence-electron chi connectivity index (χ0n) is 16.5. The van der Waals surface area contributed by atoms with E-state index in [-0.39, 0.29) is 11.4 Å². The van der Waals surface area contributed by atoms with E-state index in [1.165, 1.54) is 18.2 Å². The van der Waals surface area contributed by atoms with Gasteiger partial charge >= 0.3 is 11.9 Å². The second-order valence-electron chi connectivity index (χ2n) is 7.47. The quantitative estimate of drug-likeness (QED) is 0.671. The van der Waals surface area contributed by atoms with Crippen molar-refractivity contribution < 1.29 is 24.2 Å². The number of aromatic carboxylic acids is 1. The lowest BCUT2D eigenvalue weighted by molar-refractivity contribution is -0.143. The first-order chi connectivity index (χ1) is 14.3. The van der Waals surface area contributed by atoms with E-state index >= 15 is 0 Å². The summed E-state index contributed by atoms with van der Waals surface area (Å²) in [5.41, 5.74) is 2.40. The van der Waals surface area contributed by atoms with Crippen LogP contribution in [0.2, 0.25) is 0 Å². The van der Waals surface area contributed by atoms with Crippen LogP contribution in [-0.2, 0) is 11.8 Å². The molecule has 1 aliphatic rings. The first-order valence-corrected chi connectivity index (χ1v) is 9.65. The van der Waals surface area contributed by atoms with E-state index in [2.05, 4.69) is 4.90 Å². The Balaban J connectivity index is 1.60. The molecule has 1 saturated heterocycles. The molecule has 0 saturated carbocycles. The second kappa shape index (κ2) is 7.79. The van der Waals surface area contributed by atoms with Gasteiger partial charge in [-0.2, -0.15) is 0 Å². The molecule has 0 bridgehead atoms. The van der Waals surface area contributed by atoms with Crippen molar-refractivity contribution in [3.05, 3.63) is 65.6 Å². The van der Waals surface area contributed by atoms with Crippen LogP contribution in [-0.4, -0.2) is 57.8 Å². The maximum Gasteiger partial charge on any atom is 0.335 e. The van der Waals surface area contributed by atoms with Gasteiger partial charge in [0.05, 0.1) is 5.56 Å². The number of piperazine rings is 1. The molecule has 3 aromatic rings. The lowest BCUT2D eigenvalue weighted by Gasteiger charge is -2.38. The third-order valence-corrected chi connectivity index (χ3v) is 5.67. The summed E-state index contributed by atoms with van der Waals surface area (Å²) < 4.78 is 14.9. The van der Waals surface area contributed by atoms with E-state index in [4.69, 9.17) is 0 Å². The van der Waals surface area contributed by atoms with Crippen LogP contribution in [0.5, 0.6) is 0 Å². The number of carboxylic acids is 2. The molecule has 1 unspecified atom stereocenters. The van der Waals surface area contributed by atoms with E-state index in [1.807, 2.05) is 4.90 Å². The van der Waals surface area contributed by atoms with Gasteiger partial charge in [-0.05, 0) is 36.4 Å². The topological polar surface area (TPSA) is 86.0 Å². The zero-order chi connectivity index (χ0) is 21.4. The highest BCUT2D eigenvalue weighted by molar-refractivity contribution is 5.96. The maximum absolute atomic E-state index is 13.2. The predicted octanol–water partition coefficient (Wildman–Crippen LogP) is 2.96. The highest BCUT2D eigenvalue weighted by Crippen LogP contribution is 2.32. The summed E-state index contributed by atoms with van der Waals surface area (Å²) >= 11 is 0. The van der Waals surface area contributed by atoms with Crippen molar-refractivity contribution in [1.82, 2.24) is 9.47 Å². The third kappa shape index (κ3) is 3.61. The molecule has 1 atom stereocenters. The van der Waals surface area contributed by atoms with Crippen LogP contribution < -0.4 is 4.90 Å². The molecular weight excluding hydrogens is 389 g/mol. The van der Waals surface area contributed by atoms with Crippen LogP contribution >= 0.6 is 0 Å². The molecule has 2 N–H and O–H groups in total. The third-order valence-electron chi connectivity index (χ3n) is 5.67. The minimum Gasteiger partial charge on any atom is -0.480 e. The van der Waals surface area contributed by atoms with Gasteiger partial charge in [0.1, 0.15) is 11.9 Å². The van der Waals surface area contributed by atoms with E-state index in [9.17, 15) is 24.2 Å². The molecule has 2 aromatic carbocycles. The number of aliphatic carboxylic acids is 1. The zero-order valence-corrected chi connectivity index (χ0v) is 16.5. The summed E-state index contributed by atoms with van der Waals surface area (Å²) in [5, 5.41) is 20.0. The molecule has 0 aliphatic carbocycles. The molecule has 30 heavy (non-hydrogen) atoms. The molecule has 4 rings (SSSR count). The number of carboxylic acid groups (broad SMARTS) is 2. The van der Waals surface area contributed by atoms with Gasteiger partial charge in [-0.1, -0.05) is 6.07 Å². The maximum atomic E-state index is 13.2. The summed E-state index contributed by atoms with van der Waals surface area (Å²) in [4.78, 5) is 27.5. The number of fused-ring (bicyclic) bond motifs is 1. The highest BCUT2D eigenvalue weighted by Gasteiger charge is 2.32. The number of nitrogens with zero attached hydrogens (tertiary/aromatic N) is 3. The van der Waals surface area contributed by atoms with Crippen molar-refractivity contribution in [2.75, 3.05) is 31.1 Å². The van der Waals surface area contributed by atoms with E-state index in [1.54, 1.807) is 42.1 Å². The van der Waals surface area contributed by atoms with Crippen LogP contribution in [0.25, 0.3) is 10.9 Å². The van der Waals surface area contributed by atoms with Gasteiger partial charge in [0, 0.05) is 61.6 Å². The number of hydrogen-bond donors (Lipinski definition) is 2. The number of benzene rings is 2. The second-order valence-corrected chi connectivity index (χ2v) is 7.47. The minimum atomic E-state index is -1.02. The summed E-state index contributed by atoms with van der Waals surface area (Å²) in [6.07, 6.45) is 1.77. The average Bonchev–Trinajstić information content (AvgIpc) is 3.05. The lowest BCUT2D eigenvalue weighted by Crippen LogP contribution is -2.49. The van der Waals surface area contributed by atoms with Gasteiger partial charge in [-0.3, -0.25) is 9.69 Å². The minimum absolute atomic E-state index is 0.162. The van der Waals surface area contributed by atoms with Gasteiger partial charge in [0.15, 0.2) is 0 Å². The molecule has 156 valence electrons. The first kappa shape index (κ1) is 19.9. The number of aryl methyl sites for hydroxylation is 1. The van der Waals surface area contributed by atoms with Crippen molar-refractivity contribution in [3.8, 4) is 0 Å². The predicted molar refractivity (Wildman–Crippen MR) is 110 cm³/mol. The molecule has 8 heteroatoms. The van der Waals surface area contributed by atoms with Crippen molar-refractivity contribution in [1.29, 1.82) is 0 Å². The largest absolute Gasteiger partial charge is 0.480 e. The molecule has 0 radical (unpaired) electrons. The van der Waals surface area contributed by atoms with Gasteiger partial charge in [-0.15, -0.1) is 0 Å². The molecule has 7 nitrogen and oxygen atoms in total. The van der Waals surface area contributed by atoms with Gasteiger partial charge in [-0.25, -0.2) is 9.18 Å². The number of anilines is 1. The normalized spacial score (nSPS) is 16.0. The van der Waals surface area contributed by atoms with Gasteiger partial charge in [0.25, 0.3) is 0 Å². The fourth-order valence-corrected chi connectivity index (χ4v) is 4.14. The Kier molecular flexibility index (Phi) is 5.17. The van der Waals surface area contributed by atoms with Crippen molar-refractivity contribution >= 4 is 28.5 Å². The fraction of sp³-hybridized carbons (Fsp3) is 0.273. The number of aromatic nitrogens is 1. The molecular formula is C22H22FN3O4. The monoisotopic (exact) mass is 411 g/mol. The smallest absolute Gasteiger partial charge is 0.335 e. The summed E-state index contributed by atoms with van der Waals surface area (Å²) in [6.45, 7) is 2.34. The molecule has 0 amide bonds. The van der Waals surface area contributed by atoms with Crippen LogP contribution in [0.4, 0.5) is 10.1 Å². The van der Waals surface area contributed by atoms with Crippen molar-refractivity contribution in [3.63, 3.8) is 0 Å². The van der Waals surface area contributed by atoms with Crippen LogP contribution in [0.3, 0.4) is 0 Å². The molecule has 0 spiro atoms. The summed E-state index contributed by atoms with van der Waals surface area (Å²) in [7, 11) is 1.78. The lowest BCUT2D eigenvalue weighted by atomic mass is 10.0. The number of hydrogen-bond acceptors (Lipinski definition) is 4. The van der Waals surface area contributed by atoms with Crippen molar-refractivity contribution in [2.45, 2.75) is 6.04 Å². The standard InChI is InChI=1S/C22H22FN3O4/c1-24-13-18(17-7-2-14(21(27)28)12-19(17)24)20(22(29)30)26-10-8-25(9-11-26)16-5-3-15(23)4-6-16/h2-7,12-13,20H,8-11H2,1H3,(H,27,28)(H,29,30). The van der Waals surface area contributed by atoms with Gasteiger partial charge in [0.2, 0.25) is 0 Å².